The number of aromatic nitrogens is 2. The average molecular weight is 314 g/mol. The van der Waals surface area contributed by atoms with Gasteiger partial charge in [0.1, 0.15) is 0 Å². The van der Waals surface area contributed by atoms with Crippen LogP contribution in [-0.4, -0.2) is 48.4 Å². The molecule has 5 nitrogen and oxygen atoms in total. The number of allylic oxidation sites excluding steroid dienone is 2. The van der Waals surface area contributed by atoms with Gasteiger partial charge >= 0.3 is 0 Å². The molecule has 0 amide bonds. The molecule has 1 aromatic heterocycles. The normalized spacial score (nSPS) is 21.4. The summed E-state index contributed by atoms with van der Waals surface area (Å²) in [4.78, 5) is 2.45. The van der Waals surface area contributed by atoms with E-state index in [1.54, 1.807) is 0 Å². The summed E-state index contributed by atoms with van der Waals surface area (Å²) in [6.07, 6.45) is 7.67. The molecular formula is C18H26N4O. The van der Waals surface area contributed by atoms with Gasteiger partial charge in [0.25, 0.3) is 0 Å². The van der Waals surface area contributed by atoms with E-state index in [9.17, 15) is 0 Å². The first-order valence-corrected chi connectivity index (χ1v) is 8.34. The molecule has 2 saturated heterocycles. The lowest BCUT2D eigenvalue weighted by Gasteiger charge is -2.56. The molecule has 5 heteroatoms. The van der Waals surface area contributed by atoms with Crippen LogP contribution in [0, 0.1) is 12.3 Å². The van der Waals surface area contributed by atoms with Gasteiger partial charge in [0.2, 0.25) is 0 Å². The zero-order chi connectivity index (χ0) is 16.4. The van der Waals surface area contributed by atoms with Gasteiger partial charge in [-0.05, 0) is 26.3 Å². The molecule has 1 spiro atoms. The molecule has 1 N–H and O–H groups in total. The van der Waals surface area contributed by atoms with Crippen LogP contribution in [0.25, 0.3) is 12.2 Å². The Hall–Kier alpha value is -1.88. The zero-order valence-electron chi connectivity index (χ0n) is 14.5. The summed E-state index contributed by atoms with van der Waals surface area (Å²) >= 11 is 0. The van der Waals surface area contributed by atoms with Gasteiger partial charge in [-0.1, -0.05) is 19.1 Å². The van der Waals surface area contributed by atoms with Crippen molar-refractivity contribution in [2.45, 2.75) is 27.2 Å². The Bertz CT molecular complexity index is 726. The van der Waals surface area contributed by atoms with Crippen LogP contribution in [-0.2, 0) is 4.74 Å². The van der Waals surface area contributed by atoms with Crippen LogP contribution in [0.5, 0.6) is 0 Å². The van der Waals surface area contributed by atoms with Crippen molar-refractivity contribution in [3.05, 3.63) is 27.9 Å². The Morgan fingerprint density at radius 1 is 1.30 bits per heavy atom. The van der Waals surface area contributed by atoms with Gasteiger partial charge in [-0.15, -0.1) is 5.10 Å². The number of aryl methyl sites for hydroxylation is 1. The molecule has 0 aromatic carbocycles. The molecule has 2 fully saturated rings. The summed E-state index contributed by atoms with van der Waals surface area (Å²) in [7, 11) is 1.89. The van der Waals surface area contributed by atoms with Gasteiger partial charge in [0.05, 0.1) is 24.3 Å². The second kappa shape index (κ2) is 6.32. The Kier molecular flexibility index (Phi) is 4.39. The first-order valence-electron chi connectivity index (χ1n) is 8.34. The lowest BCUT2D eigenvalue weighted by Crippen LogP contribution is -2.65. The van der Waals surface area contributed by atoms with Gasteiger partial charge in [-0.2, -0.15) is 5.10 Å². The van der Waals surface area contributed by atoms with Crippen LogP contribution >= 0.6 is 0 Å². The van der Waals surface area contributed by atoms with E-state index in [-0.39, 0.29) is 0 Å². The summed E-state index contributed by atoms with van der Waals surface area (Å²) in [6.45, 7) is 10.2. The van der Waals surface area contributed by atoms with E-state index in [0.29, 0.717) is 5.41 Å². The summed E-state index contributed by atoms with van der Waals surface area (Å²) < 4.78 is 5.39. The smallest absolute Gasteiger partial charge is 0.156 e. The summed E-state index contributed by atoms with van der Waals surface area (Å²) in [5.74, 6) is 0.827. The van der Waals surface area contributed by atoms with Gasteiger partial charge in [-0.25, -0.2) is 0 Å². The third-order valence-corrected chi connectivity index (χ3v) is 4.70. The standard InChI is InChI=1S/C18H26N4O/c1-5-7-14(22-9-18(10-22)11-23-12-18)8-16-15(6-2)13(3)20-21-17(16)19-4/h6-8H,5,9-12H2,1-4H3,(H,19,21)/b14-7-,15-6-,16-8+. The molecule has 0 bridgehead atoms. The summed E-state index contributed by atoms with van der Waals surface area (Å²) in [5.41, 5.74) is 2.65. The second-order valence-electron chi connectivity index (χ2n) is 6.53. The van der Waals surface area contributed by atoms with Crippen LogP contribution in [0.2, 0.25) is 0 Å². The van der Waals surface area contributed by atoms with E-state index in [4.69, 9.17) is 4.74 Å². The van der Waals surface area contributed by atoms with Crippen LogP contribution in [0.15, 0.2) is 11.8 Å². The largest absolute Gasteiger partial charge is 0.380 e. The quantitative estimate of drug-likeness (QED) is 0.900. The first kappa shape index (κ1) is 16.0. The SMILES string of the molecule is C/C=c1/c(C)nnc(NC)/c1=C/C(=C/CC)N1CC2(COC2)C1. The molecule has 0 aliphatic carbocycles. The number of rotatable bonds is 4. The Labute approximate surface area is 137 Å². The third-order valence-electron chi connectivity index (χ3n) is 4.70. The average Bonchev–Trinajstić information content (AvgIpc) is 2.45. The lowest BCUT2D eigenvalue weighted by molar-refractivity contribution is -0.178. The highest BCUT2D eigenvalue weighted by molar-refractivity contribution is 5.54. The maximum absolute atomic E-state index is 5.39. The molecule has 2 aliphatic heterocycles. The number of anilines is 1. The highest BCUT2D eigenvalue weighted by Crippen LogP contribution is 2.39. The number of ether oxygens (including phenoxy) is 1. The number of nitrogens with zero attached hydrogens (tertiary/aromatic N) is 3. The fraction of sp³-hybridized carbons (Fsp3) is 0.556. The fourth-order valence-electron chi connectivity index (χ4n) is 3.41. The molecule has 23 heavy (non-hydrogen) atoms. The van der Waals surface area contributed by atoms with Crippen LogP contribution < -0.4 is 15.8 Å². The highest BCUT2D eigenvalue weighted by atomic mass is 16.5. The monoisotopic (exact) mass is 314 g/mol. The molecule has 124 valence electrons. The zero-order valence-corrected chi connectivity index (χ0v) is 14.5. The van der Waals surface area contributed by atoms with E-state index < -0.39 is 0 Å². The lowest BCUT2D eigenvalue weighted by atomic mass is 9.77. The van der Waals surface area contributed by atoms with Crippen molar-refractivity contribution in [1.29, 1.82) is 0 Å². The number of likely N-dealkylation sites (tertiary alicyclic amines) is 1. The van der Waals surface area contributed by atoms with Crippen LogP contribution in [0.3, 0.4) is 0 Å². The first-order chi connectivity index (χ1) is 11.1. The molecule has 0 radical (unpaired) electrons. The minimum Gasteiger partial charge on any atom is -0.380 e. The predicted molar refractivity (Wildman–Crippen MR) is 93.4 cm³/mol. The number of nitrogens with one attached hydrogen (secondary N) is 1. The molecule has 2 aliphatic rings. The van der Waals surface area contributed by atoms with Crippen molar-refractivity contribution in [2.75, 3.05) is 38.7 Å². The summed E-state index contributed by atoms with van der Waals surface area (Å²) in [6, 6.07) is 0. The molecule has 1 aromatic rings. The van der Waals surface area contributed by atoms with E-state index in [1.807, 2.05) is 20.9 Å². The van der Waals surface area contributed by atoms with Gasteiger partial charge in [-0.3, -0.25) is 0 Å². The van der Waals surface area contributed by atoms with Gasteiger partial charge in [0, 0.05) is 36.3 Å². The van der Waals surface area contributed by atoms with Crippen molar-refractivity contribution in [3.63, 3.8) is 0 Å². The molecule has 3 rings (SSSR count). The van der Waals surface area contributed by atoms with Crippen molar-refractivity contribution < 1.29 is 4.74 Å². The Morgan fingerprint density at radius 2 is 2.04 bits per heavy atom. The molecule has 0 unspecified atom stereocenters. The minimum absolute atomic E-state index is 0.415. The maximum Gasteiger partial charge on any atom is 0.156 e. The molecule has 0 atom stereocenters. The predicted octanol–water partition coefficient (Wildman–Crippen LogP) is 1.03. The molecule has 0 saturated carbocycles. The third kappa shape index (κ3) is 2.85. The summed E-state index contributed by atoms with van der Waals surface area (Å²) in [5, 5.41) is 14.0. The van der Waals surface area contributed by atoms with Crippen LogP contribution in [0.1, 0.15) is 26.0 Å². The Morgan fingerprint density at radius 3 is 2.57 bits per heavy atom. The van der Waals surface area contributed by atoms with Crippen molar-refractivity contribution >= 4 is 18.0 Å². The van der Waals surface area contributed by atoms with E-state index in [1.165, 1.54) is 5.70 Å². The van der Waals surface area contributed by atoms with Gasteiger partial charge < -0.3 is 15.0 Å². The Balaban J connectivity index is 2.01. The number of hydrogen-bond donors (Lipinski definition) is 1. The van der Waals surface area contributed by atoms with Crippen molar-refractivity contribution in [3.8, 4) is 0 Å². The topological polar surface area (TPSA) is 50.3 Å². The minimum atomic E-state index is 0.415. The van der Waals surface area contributed by atoms with Crippen molar-refractivity contribution in [2.24, 2.45) is 5.41 Å². The van der Waals surface area contributed by atoms with E-state index in [0.717, 1.165) is 54.7 Å². The molecular weight excluding hydrogens is 288 g/mol. The van der Waals surface area contributed by atoms with E-state index in [2.05, 4.69) is 45.6 Å². The van der Waals surface area contributed by atoms with Crippen molar-refractivity contribution in [1.82, 2.24) is 15.1 Å². The highest BCUT2D eigenvalue weighted by Gasteiger charge is 2.49. The van der Waals surface area contributed by atoms with Gasteiger partial charge in [0.15, 0.2) is 5.82 Å². The van der Waals surface area contributed by atoms with Crippen LogP contribution in [0.4, 0.5) is 5.82 Å². The fourth-order valence-corrected chi connectivity index (χ4v) is 3.41. The molecule has 3 heterocycles. The number of hydrogen-bond acceptors (Lipinski definition) is 5. The van der Waals surface area contributed by atoms with E-state index >= 15 is 0 Å². The maximum atomic E-state index is 5.39. The second-order valence-corrected chi connectivity index (χ2v) is 6.53.